The van der Waals surface area contributed by atoms with E-state index in [-0.39, 0.29) is 5.91 Å². The zero-order valence-electron chi connectivity index (χ0n) is 13.7. The number of carbonyl (C=O) groups is 1. The van der Waals surface area contributed by atoms with Crippen LogP contribution in [0.3, 0.4) is 0 Å². The number of aromatic nitrogens is 2. The first-order chi connectivity index (χ1) is 11.7. The Morgan fingerprint density at radius 1 is 1.29 bits per heavy atom. The standard InChI is InChI=1S/C16H19N3O3S2/c1-4-9-23-16-19-18-15(24-16)17-14(20)8-6-11-5-7-12(21-2)13(10-11)22-3/h5-8,10H,4,9H2,1-3H3,(H,17,18,20)/b8-6+. The SMILES string of the molecule is CCCSc1nnc(NC(=O)/C=C/c2ccc(OC)c(OC)c2)s1. The van der Waals surface area contributed by atoms with E-state index in [1.54, 1.807) is 44.2 Å². The number of hydrogen-bond donors (Lipinski definition) is 1. The molecular weight excluding hydrogens is 346 g/mol. The van der Waals surface area contributed by atoms with Gasteiger partial charge in [-0.05, 0) is 30.2 Å². The van der Waals surface area contributed by atoms with Gasteiger partial charge in [0.15, 0.2) is 15.8 Å². The smallest absolute Gasteiger partial charge is 0.250 e. The Hall–Kier alpha value is -2.06. The average molecular weight is 365 g/mol. The Balaban J connectivity index is 1.96. The summed E-state index contributed by atoms with van der Waals surface area (Å²) in [7, 11) is 3.15. The van der Waals surface area contributed by atoms with E-state index in [1.807, 2.05) is 6.07 Å². The lowest BCUT2D eigenvalue weighted by Gasteiger charge is -2.07. The number of ether oxygens (including phenoxy) is 2. The zero-order valence-corrected chi connectivity index (χ0v) is 15.4. The van der Waals surface area contributed by atoms with Crippen molar-refractivity contribution in [1.29, 1.82) is 0 Å². The van der Waals surface area contributed by atoms with Gasteiger partial charge in [0.2, 0.25) is 11.0 Å². The third-order valence-corrected chi connectivity index (χ3v) is 5.08. The summed E-state index contributed by atoms with van der Waals surface area (Å²) in [5.74, 6) is 1.99. The van der Waals surface area contributed by atoms with Gasteiger partial charge in [-0.15, -0.1) is 10.2 Å². The highest BCUT2D eigenvalue weighted by atomic mass is 32.2. The molecule has 0 unspecified atom stereocenters. The third-order valence-electron chi connectivity index (χ3n) is 2.90. The Morgan fingerprint density at radius 2 is 2.08 bits per heavy atom. The summed E-state index contributed by atoms with van der Waals surface area (Å²) < 4.78 is 11.3. The maximum atomic E-state index is 12.0. The molecule has 2 rings (SSSR count). The fourth-order valence-electron chi connectivity index (χ4n) is 1.78. The molecule has 0 spiro atoms. The Bertz CT molecular complexity index is 716. The fourth-order valence-corrected chi connectivity index (χ4v) is 3.46. The van der Waals surface area contributed by atoms with Crippen LogP contribution in [0.15, 0.2) is 28.6 Å². The number of rotatable bonds is 8. The van der Waals surface area contributed by atoms with E-state index < -0.39 is 0 Å². The molecular formula is C16H19N3O3S2. The number of carbonyl (C=O) groups excluding carboxylic acids is 1. The molecule has 0 aliphatic carbocycles. The van der Waals surface area contributed by atoms with Gasteiger partial charge < -0.3 is 9.47 Å². The molecule has 0 bridgehead atoms. The van der Waals surface area contributed by atoms with E-state index in [1.165, 1.54) is 17.4 Å². The van der Waals surface area contributed by atoms with Gasteiger partial charge in [-0.1, -0.05) is 36.1 Å². The Labute approximate surface area is 149 Å². The Morgan fingerprint density at radius 3 is 2.79 bits per heavy atom. The van der Waals surface area contributed by atoms with Gasteiger partial charge in [0.05, 0.1) is 14.2 Å². The number of methoxy groups -OCH3 is 2. The van der Waals surface area contributed by atoms with Gasteiger partial charge in [0, 0.05) is 11.8 Å². The minimum Gasteiger partial charge on any atom is -0.493 e. The lowest BCUT2D eigenvalue weighted by atomic mass is 10.2. The van der Waals surface area contributed by atoms with Gasteiger partial charge in [-0.25, -0.2) is 0 Å². The van der Waals surface area contributed by atoms with Crippen LogP contribution in [0.1, 0.15) is 18.9 Å². The number of nitrogens with one attached hydrogen (secondary N) is 1. The quantitative estimate of drug-likeness (QED) is 0.437. The number of benzene rings is 1. The lowest BCUT2D eigenvalue weighted by molar-refractivity contribution is -0.111. The van der Waals surface area contributed by atoms with Crippen LogP contribution in [0.5, 0.6) is 11.5 Å². The molecule has 0 fully saturated rings. The molecule has 0 atom stereocenters. The number of amides is 1. The molecule has 0 aliphatic rings. The topological polar surface area (TPSA) is 73.3 Å². The lowest BCUT2D eigenvalue weighted by Crippen LogP contribution is -2.07. The predicted octanol–water partition coefficient (Wildman–Crippen LogP) is 3.71. The second-order valence-electron chi connectivity index (χ2n) is 4.66. The van der Waals surface area contributed by atoms with Crippen molar-refractivity contribution in [2.45, 2.75) is 17.7 Å². The molecule has 0 saturated heterocycles. The molecule has 1 heterocycles. The molecule has 0 saturated carbocycles. The van der Waals surface area contributed by atoms with Crippen LogP contribution in [0.4, 0.5) is 5.13 Å². The summed E-state index contributed by atoms with van der Waals surface area (Å²) in [6.07, 6.45) is 4.21. The van der Waals surface area contributed by atoms with E-state index >= 15 is 0 Å². The maximum absolute atomic E-state index is 12.0. The summed E-state index contributed by atoms with van der Waals surface area (Å²) in [5.41, 5.74) is 0.833. The van der Waals surface area contributed by atoms with Crippen molar-refractivity contribution in [2.24, 2.45) is 0 Å². The summed E-state index contributed by atoms with van der Waals surface area (Å²) >= 11 is 3.01. The fraction of sp³-hybridized carbons (Fsp3) is 0.312. The molecule has 8 heteroatoms. The van der Waals surface area contributed by atoms with Gasteiger partial charge in [-0.2, -0.15) is 0 Å². The van der Waals surface area contributed by atoms with Crippen molar-refractivity contribution in [1.82, 2.24) is 10.2 Å². The van der Waals surface area contributed by atoms with Crippen LogP contribution >= 0.6 is 23.1 Å². The van der Waals surface area contributed by atoms with Crippen LogP contribution in [0, 0.1) is 0 Å². The van der Waals surface area contributed by atoms with Gasteiger partial charge >= 0.3 is 0 Å². The van der Waals surface area contributed by atoms with Gasteiger partial charge in [-0.3, -0.25) is 10.1 Å². The second kappa shape index (κ2) is 9.29. The van der Waals surface area contributed by atoms with Crippen molar-refractivity contribution in [2.75, 3.05) is 25.3 Å². The number of nitrogens with zero attached hydrogens (tertiary/aromatic N) is 2. The molecule has 1 aromatic carbocycles. The van der Waals surface area contributed by atoms with Crippen molar-refractivity contribution in [3.8, 4) is 11.5 Å². The van der Waals surface area contributed by atoms with Crippen molar-refractivity contribution in [3.63, 3.8) is 0 Å². The zero-order chi connectivity index (χ0) is 17.4. The summed E-state index contributed by atoms with van der Waals surface area (Å²) in [5, 5.41) is 11.2. The molecule has 0 aliphatic heterocycles. The number of hydrogen-bond acceptors (Lipinski definition) is 7. The van der Waals surface area contributed by atoms with Crippen LogP contribution in [0.2, 0.25) is 0 Å². The first-order valence-electron chi connectivity index (χ1n) is 7.33. The highest BCUT2D eigenvalue weighted by Gasteiger charge is 2.07. The van der Waals surface area contributed by atoms with Crippen LogP contribution < -0.4 is 14.8 Å². The average Bonchev–Trinajstić information content (AvgIpc) is 3.05. The molecule has 1 aromatic heterocycles. The largest absolute Gasteiger partial charge is 0.493 e. The summed E-state index contributed by atoms with van der Waals surface area (Å²) in [6.45, 7) is 2.11. The minimum absolute atomic E-state index is 0.257. The van der Waals surface area contributed by atoms with Crippen molar-refractivity contribution < 1.29 is 14.3 Å². The highest BCUT2D eigenvalue weighted by Crippen LogP contribution is 2.28. The van der Waals surface area contributed by atoms with E-state index in [0.717, 1.165) is 22.1 Å². The van der Waals surface area contributed by atoms with Crippen LogP contribution in [-0.4, -0.2) is 36.1 Å². The second-order valence-corrected chi connectivity index (χ2v) is 6.98. The molecule has 24 heavy (non-hydrogen) atoms. The minimum atomic E-state index is -0.257. The molecule has 6 nitrogen and oxygen atoms in total. The molecule has 1 N–H and O–H groups in total. The van der Waals surface area contributed by atoms with E-state index in [9.17, 15) is 4.79 Å². The van der Waals surface area contributed by atoms with Crippen LogP contribution in [-0.2, 0) is 4.79 Å². The monoisotopic (exact) mass is 365 g/mol. The first kappa shape index (κ1) is 18.3. The maximum Gasteiger partial charge on any atom is 0.250 e. The van der Waals surface area contributed by atoms with Gasteiger partial charge in [0.25, 0.3) is 0 Å². The normalized spacial score (nSPS) is 10.8. The predicted molar refractivity (Wildman–Crippen MR) is 98.1 cm³/mol. The number of anilines is 1. The summed E-state index contributed by atoms with van der Waals surface area (Å²) in [4.78, 5) is 12.0. The van der Waals surface area contributed by atoms with E-state index in [4.69, 9.17) is 9.47 Å². The van der Waals surface area contributed by atoms with E-state index in [0.29, 0.717) is 16.6 Å². The van der Waals surface area contributed by atoms with Crippen LogP contribution in [0.25, 0.3) is 6.08 Å². The van der Waals surface area contributed by atoms with Crippen molar-refractivity contribution in [3.05, 3.63) is 29.8 Å². The highest BCUT2D eigenvalue weighted by molar-refractivity contribution is 8.01. The third kappa shape index (κ3) is 5.24. The number of thioether (sulfide) groups is 1. The first-order valence-corrected chi connectivity index (χ1v) is 9.14. The Kier molecular flexibility index (Phi) is 7.07. The molecule has 128 valence electrons. The molecule has 1 amide bonds. The van der Waals surface area contributed by atoms with Gasteiger partial charge in [0.1, 0.15) is 0 Å². The molecule has 0 radical (unpaired) electrons. The summed E-state index contributed by atoms with van der Waals surface area (Å²) in [6, 6.07) is 5.43. The van der Waals surface area contributed by atoms with E-state index in [2.05, 4.69) is 22.4 Å². The van der Waals surface area contributed by atoms with Crippen molar-refractivity contribution >= 4 is 40.2 Å². The molecule has 2 aromatic rings.